The maximum Gasteiger partial charge on any atom is 0.274 e. The Kier molecular flexibility index (Phi) is 8.14. The van der Waals surface area contributed by atoms with Crippen molar-refractivity contribution < 1.29 is 14.3 Å². The molecule has 0 spiro atoms. The normalized spacial score (nSPS) is 10.3. The maximum atomic E-state index is 12.6. The van der Waals surface area contributed by atoms with E-state index in [1.54, 1.807) is 18.2 Å². The standard InChI is InChI=1S/C18H23N5O3/c1-26-12-4-10-23(18(25)16-14-19-8-9-21-16)11-6-17(24)22-13-15-5-2-3-7-20-15/h2-3,5,7-9,14H,4,6,10-13H2,1H3,(H,22,24). The second kappa shape index (κ2) is 10.9. The third-order valence-electron chi connectivity index (χ3n) is 3.65. The fourth-order valence-corrected chi connectivity index (χ4v) is 2.30. The third kappa shape index (κ3) is 6.56. The van der Waals surface area contributed by atoms with Gasteiger partial charge in [-0.05, 0) is 18.6 Å². The molecule has 0 saturated carbocycles. The van der Waals surface area contributed by atoms with Crippen molar-refractivity contribution in [3.05, 3.63) is 54.4 Å². The second-order valence-electron chi connectivity index (χ2n) is 5.58. The Morgan fingerprint density at radius 2 is 2.04 bits per heavy atom. The molecule has 2 aromatic heterocycles. The van der Waals surface area contributed by atoms with E-state index in [0.717, 1.165) is 5.69 Å². The number of nitrogens with one attached hydrogen (secondary N) is 1. The van der Waals surface area contributed by atoms with Gasteiger partial charge in [-0.15, -0.1) is 0 Å². The lowest BCUT2D eigenvalue weighted by atomic mass is 10.2. The predicted octanol–water partition coefficient (Wildman–Crippen LogP) is 1.06. The summed E-state index contributed by atoms with van der Waals surface area (Å²) in [4.78, 5) is 38.4. The summed E-state index contributed by atoms with van der Waals surface area (Å²) in [5, 5.41) is 2.81. The van der Waals surface area contributed by atoms with E-state index in [1.807, 2.05) is 18.2 Å². The van der Waals surface area contributed by atoms with Gasteiger partial charge in [-0.2, -0.15) is 0 Å². The minimum atomic E-state index is -0.244. The van der Waals surface area contributed by atoms with Gasteiger partial charge in [0.25, 0.3) is 5.91 Å². The molecule has 2 rings (SSSR count). The summed E-state index contributed by atoms with van der Waals surface area (Å²) in [6.45, 7) is 1.68. The molecular formula is C18H23N5O3. The molecule has 0 unspecified atom stereocenters. The van der Waals surface area contributed by atoms with E-state index >= 15 is 0 Å². The number of carbonyl (C=O) groups excluding carboxylic acids is 2. The quantitative estimate of drug-likeness (QED) is 0.639. The van der Waals surface area contributed by atoms with Crippen molar-refractivity contribution in [1.82, 2.24) is 25.2 Å². The van der Waals surface area contributed by atoms with Gasteiger partial charge in [-0.3, -0.25) is 19.6 Å². The number of aromatic nitrogens is 3. The van der Waals surface area contributed by atoms with E-state index in [-0.39, 0.29) is 23.9 Å². The van der Waals surface area contributed by atoms with Crippen molar-refractivity contribution in [2.75, 3.05) is 26.8 Å². The van der Waals surface area contributed by atoms with Crippen LogP contribution < -0.4 is 5.32 Å². The molecule has 0 aliphatic heterocycles. The molecule has 1 N–H and O–H groups in total. The zero-order valence-electron chi connectivity index (χ0n) is 14.8. The van der Waals surface area contributed by atoms with Crippen LogP contribution in [0.1, 0.15) is 29.0 Å². The van der Waals surface area contributed by atoms with Crippen molar-refractivity contribution in [2.24, 2.45) is 0 Å². The number of hydrogen-bond acceptors (Lipinski definition) is 6. The van der Waals surface area contributed by atoms with Gasteiger partial charge in [0.15, 0.2) is 0 Å². The first-order valence-electron chi connectivity index (χ1n) is 8.41. The van der Waals surface area contributed by atoms with Crippen LogP contribution in [-0.2, 0) is 16.1 Å². The molecule has 0 saturated heterocycles. The van der Waals surface area contributed by atoms with E-state index in [0.29, 0.717) is 32.7 Å². The number of amides is 2. The first kappa shape index (κ1) is 19.5. The largest absolute Gasteiger partial charge is 0.385 e. The topological polar surface area (TPSA) is 97.3 Å². The molecule has 8 heteroatoms. The first-order chi connectivity index (χ1) is 12.7. The number of pyridine rings is 1. The molecule has 0 atom stereocenters. The highest BCUT2D eigenvalue weighted by Crippen LogP contribution is 2.03. The fraction of sp³-hybridized carbons (Fsp3) is 0.389. The van der Waals surface area contributed by atoms with E-state index in [4.69, 9.17) is 4.74 Å². The fourth-order valence-electron chi connectivity index (χ4n) is 2.30. The van der Waals surface area contributed by atoms with Crippen LogP contribution in [0.3, 0.4) is 0 Å². The number of methoxy groups -OCH3 is 1. The molecule has 0 fully saturated rings. The molecule has 2 amide bonds. The molecule has 0 aliphatic carbocycles. The lowest BCUT2D eigenvalue weighted by Crippen LogP contribution is -2.36. The average Bonchev–Trinajstić information content (AvgIpc) is 2.70. The van der Waals surface area contributed by atoms with Crippen molar-refractivity contribution >= 4 is 11.8 Å². The number of carbonyl (C=O) groups is 2. The van der Waals surface area contributed by atoms with Crippen molar-refractivity contribution in [1.29, 1.82) is 0 Å². The van der Waals surface area contributed by atoms with Crippen LogP contribution in [0.25, 0.3) is 0 Å². The molecule has 2 heterocycles. The van der Waals surface area contributed by atoms with Gasteiger partial charge >= 0.3 is 0 Å². The van der Waals surface area contributed by atoms with Crippen LogP contribution >= 0.6 is 0 Å². The monoisotopic (exact) mass is 357 g/mol. The summed E-state index contributed by atoms with van der Waals surface area (Å²) in [6, 6.07) is 5.53. The van der Waals surface area contributed by atoms with Gasteiger partial charge < -0.3 is 15.0 Å². The van der Waals surface area contributed by atoms with Gasteiger partial charge in [0.05, 0.1) is 18.4 Å². The van der Waals surface area contributed by atoms with Crippen molar-refractivity contribution in [3.8, 4) is 0 Å². The van der Waals surface area contributed by atoms with E-state index in [2.05, 4.69) is 20.3 Å². The zero-order valence-corrected chi connectivity index (χ0v) is 14.8. The minimum absolute atomic E-state index is 0.139. The van der Waals surface area contributed by atoms with Crippen LogP contribution in [0.15, 0.2) is 43.0 Å². The molecule has 0 radical (unpaired) electrons. The van der Waals surface area contributed by atoms with Gasteiger partial charge in [-0.25, -0.2) is 4.98 Å². The Labute approximate surface area is 152 Å². The van der Waals surface area contributed by atoms with Crippen LogP contribution in [0.5, 0.6) is 0 Å². The summed E-state index contributed by atoms with van der Waals surface area (Å²) < 4.78 is 5.04. The second-order valence-corrected chi connectivity index (χ2v) is 5.58. The highest BCUT2D eigenvalue weighted by atomic mass is 16.5. The van der Waals surface area contributed by atoms with Crippen LogP contribution in [0.2, 0.25) is 0 Å². The first-order valence-corrected chi connectivity index (χ1v) is 8.41. The Bertz CT molecular complexity index is 682. The lowest BCUT2D eigenvalue weighted by Gasteiger charge is -2.22. The van der Waals surface area contributed by atoms with Crippen molar-refractivity contribution in [3.63, 3.8) is 0 Å². The van der Waals surface area contributed by atoms with E-state index in [9.17, 15) is 9.59 Å². The Morgan fingerprint density at radius 3 is 2.73 bits per heavy atom. The Hall–Kier alpha value is -2.87. The van der Waals surface area contributed by atoms with Gasteiger partial charge in [0.1, 0.15) is 5.69 Å². The molecule has 8 nitrogen and oxygen atoms in total. The van der Waals surface area contributed by atoms with Crippen LogP contribution in [-0.4, -0.2) is 58.5 Å². The SMILES string of the molecule is COCCCN(CCC(=O)NCc1ccccn1)C(=O)c1cnccn1. The van der Waals surface area contributed by atoms with Gasteiger partial charge in [-0.1, -0.05) is 6.07 Å². The zero-order chi connectivity index (χ0) is 18.6. The highest BCUT2D eigenvalue weighted by molar-refractivity contribution is 5.92. The molecule has 0 aromatic carbocycles. The number of hydrogen-bond donors (Lipinski definition) is 1. The molecule has 0 aliphatic rings. The Morgan fingerprint density at radius 1 is 1.15 bits per heavy atom. The smallest absolute Gasteiger partial charge is 0.274 e. The van der Waals surface area contributed by atoms with Crippen LogP contribution in [0, 0.1) is 0 Å². The summed E-state index contributed by atoms with van der Waals surface area (Å²) >= 11 is 0. The minimum Gasteiger partial charge on any atom is -0.385 e. The maximum absolute atomic E-state index is 12.6. The Balaban J connectivity index is 1.87. The van der Waals surface area contributed by atoms with Gasteiger partial charge in [0, 0.05) is 51.8 Å². The summed E-state index contributed by atoms with van der Waals surface area (Å²) in [6.07, 6.45) is 6.96. The van der Waals surface area contributed by atoms with Crippen molar-refractivity contribution in [2.45, 2.75) is 19.4 Å². The van der Waals surface area contributed by atoms with Crippen LogP contribution in [0.4, 0.5) is 0 Å². The summed E-state index contributed by atoms with van der Waals surface area (Å²) in [7, 11) is 1.61. The van der Waals surface area contributed by atoms with E-state index < -0.39 is 0 Å². The molecule has 2 aromatic rings. The highest BCUT2D eigenvalue weighted by Gasteiger charge is 2.18. The summed E-state index contributed by atoms with van der Waals surface area (Å²) in [5.74, 6) is -0.383. The summed E-state index contributed by atoms with van der Waals surface area (Å²) in [5.41, 5.74) is 1.05. The lowest BCUT2D eigenvalue weighted by molar-refractivity contribution is -0.121. The van der Waals surface area contributed by atoms with E-state index in [1.165, 1.54) is 18.6 Å². The predicted molar refractivity (Wildman–Crippen MR) is 95.1 cm³/mol. The number of rotatable bonds is 10. The molecule has 138 valence electrons. The molecule has 0 bridgehead atoms. The van der Waals surface area contributed by atoms with Gasteiger partial charge in [0.2, 0.25) is 5.91 Å². The molecule has 26 heavy (non-hydrogen) atoms. The number of ether oxygens (including phenoxy) is 1. The third-order valence-corrected chi connectivity index (χ3v) is 3.65. The number of nitrogens with zero attached hydrogens (tertiary/aromatic N) is 4. The average molecular weight is 357 g/mol. The molecular weight excluding hydrogens is 334 g/mol.